The maximum absolute atomic E-state index is 13.5. The number of hydrogen-bond acceptors (Lipinski definition) is 4. The molecule has 0 aliphatic carbocycles. The quantitative estimate of drug-likeness (QED) is 0.268. The Labute approximate surface area is 209 Å². The highest BCUT2D eigenvalue weighted by atomic mass is 35.5. The van der Waals surface area contributed by atoms with Gasteiger partial charge in [0.25, 0.3) is 5.91 Å². The molecule has 5 rings (SSSR count). The number of aromatic nitrogens is 2. The van der Waals surface area contributed by atoms with Crippen LogP contribution in [0.1, 0.15) is 40.9 Å². The summed E-state index contributed by atoms with van der Waals surface area (Å²) < 4.78 is 46.5. The lowest BCUT2D eigenvalue weighted by atomic mass is 9.98. The third-order valence-corrected chi connectivity index (χ3v) is 6.24. The van der Waals surface area contributed by atoms with Crippen LogP contribution in [0.4, 0.5) is 30.5 Å². The molecule has 0 saturated carbocycles. The van der Waals surface area contributed by atoms with Crippen molar-refractivity contribution in [3.05, 3.63) is 75.8 Å². The Morgan fingerprint density at radius 3 is 2.64 bits per heavy atom. The zero-order chi connectivity index (χ0) is 25.8. The molecule has 4 aromatic rings. The zero-order valence-electron chi connectivity index (χ0n) is 19.6. The van der Waals surface area contributed by atoms with E-state index in [0.717, 1.165) is 17.2 Å². The van der Waals surface area contributed by atoms with Crippen molar-refractivity contribution in [2.75, 3.05) is 10.6 Å². The predicted molar refractivity (Wildman–Crippen MR) is 133 cm³/mol. The molecule has 0 fully saturated rings. The van der Waals surface area contributed by atoms with Gasteiger partial charge in [0.05, 0.1) is 38.6 Å². The van der Waals surface area contributed by atoms with Crippen LogP contribution in [0.5, 0.6) is 5.75 Å². The average molecular weight is 515 g/mol. The van der Waals surface area contributed by atoms with E-state index in [0.29, 0.717) is 39.9 Å². The fourth-order valence-electron chi connectivity index (χ4n) is 4.34. The van der Waals surface area contributed by atoms with E-state index < -0.39 is 23.2 Å². The van der Waals surface area contributed by atoms with Gasteiger partial charge in [-0.25, -0.2) is 4.98 Å². The first kappa shape index (κ1) is 24.0. The number of amides is 1. The van der Waals surface area contributed by atoms with Crippen molar-refractivity contribution < 1.29 is 22.7 Å². The number of alkyl halides is 3. The molecule has 0 atom stereocenters. The van der Waals surface area contributed by atoms with Crippen LogP contribution in [0.2, 0.25) is 5.02 Å². The molecule has 0 spiro atoms. The summed E-state index contributed by atoms with van der Waals surface area (Å²) in [4.78, 5) is 21.1. The number of ether oxygens (including phenoxy) is 1. The van der Waals surface area contributed by atoms with Gasteiger partial charge in [0, 0.05) is 12.0 Å². The van der Waals surface area contributed by atoms with E-state index in [9.17, 15) is 18.0 Å². The van der Waals surface area contributed by atoms with Gasteiger partial charge in [-0.2, -0.15) is 13.2 Å². The summed E-state index contributed by atoms with van der Waals surface area (Å²) in [6.07, 6.45) is -4.14. The van der Waals surface area contributed by atoms with Crippen molar-refractivity contribution in [2.45, 2.75) is 39.0 Å². The number of benzene rings is 3. The van der Waals surface area contributed by atoms with E-state index in [1.165, 1.54) is 24.3 Å². The second kappa shape index (κ2) is 8.44. The van der Waals surface area contributed by atoms with Crippen molar-refractivity contribution in [2.24, 2.45) is 0 Å². The number of halogens is 4. The van der Waals surface area contributed by atoms with Crippen LogP contribution in [0.25, 0.3) is 11.0 Å². The third-order valence-electron chi connectivity index (χ3n) is 5.91. The summed E-state index contributed by atoms with van der Waals surface area (Å²) in [5.74, 6) is 0.00412. The number of fused-ring (bicyclic) bond motifs is 3. The lowest BCUT2D eigenvalue weighted by Gasteiger charge is -2.18. The number of H-pyrrole nitrogens is 1. The Morgan fingerprint density at radius 1 is 1.14 bits per heavy atom. The summed E-state index contributed by atoms with van der Waals surface area (Å²) in [7, 11) is 0. The van der Waals surface area contributed by atoms with Crippen molar-refractivity contribution in [3.8, 4) is 5.75 Å². The van der Waals surface area contributed by atoms with E-state index in [2.05, 4.69) is 20.6 Å². The van der Waals surface area contributed by atoms with Gasteiger partial charge in [-0.3, -0.25) is 4.79 Å². The van der Waals surface area contributed by atoms with Crippen molar-refractivity contribution >= 4 is 45.9 Å². The number of rotatable bonds is 4. The molecule has 3 aromatic carbocycles. The normalized spacial score (nSPS) is 14.4. The highest BCUT2D eigenvalue weighted by Crippen LogP contribution is 2.43. The van der Waals surface area contributed by atoms with Gasteiger partial charge >= 0.3 is 6.18 Å². The van der Waals surface area contributed by atoms with Crippen LogP contribution in [-0.4, -0.2) is 21.5 Å². The first-order valence-electron chi connectivity index (χ1n) is 11.2. The Balaban J connectivity index is 1.56. The molecule has 1 aliphatic heterocycles. The fourth-order valence-corrected chi connectivity index (χ4v) is 4.51. The van der Waals surface area contributed by atoms with Crippen LogP contribution in [-0.2, 0) is 12.6 Å². The maximum Gasteiger partial charge on any atom is 0.418 e. The monoisotopic (exact) mass is 514 g/mol. The van der Waals surface area contributed by atoms with Crippen LogP contribution < -0.4 is 15.4 Å². The molecule has 1 aromatic heterocycles. The maximum atomic E-state index is 13.5. The minimum Gasteiger partial charge on any atom is -0.486 e. The van der Waals surface area contributed by atoms with Crippen LogP contribution in [0.3, 0.4) is 0 Å². The van der Waals surface area contributed by atoms with Gasteiger partial charge in [0.1, 0.15) is 11.4 Å². The number of nitrogens with one attached hydrogen (secondary N) is 3. The number of carbonyl (C=O) groups excluding carboxylic acids is 1. The Hall–Kier alpha value is -3.72. The highest BCUT2D eigenvalue weighted by Gasteiger charge is 2.37. The lowest BCUT2D eigenvalue weighted by molar-refractivity contribution is -0.136. The van der Waals surface area contributed by atoms with E-state index in [4.69, 9.17) is 16.3 Å². The summed E-state index contributed by atoms with van der Waals surface area (Å²) in [6, 6.07) is 11.9. The number of carbonyl (C=O) groups is 1. The Morgan fingerprint density at radius 2 is 1.89 bits per heavy atom. The molecule has 0 radical (unpaired) electrons. The average Bonchev–Trinajstić information content (AvgIpc) is 3.34. The molecule has 1 aliphatic rings. The number of hydrogen-bond donors (Lipinski definition) is 3. The van der Waals surface area contributed by atoms with Gasteiger partial charge in [-0.15, -0.1) is 0 Å². The molecule has 10 heteroatoms. The number of imidazole rings is 1. The van der Waals surface area contributed by atoms with Crippen LogP contribution >= 0.6 is 11.6 Å². The molecular weight excluding hydrogens is 493 g/mol. The Kier molecular flexibility index (Phi) is 5.63. The lowest BCUT2D eigenvalue weighted by Crippen LogP contribution is -2.25. The van der Waals surface area contributed by atoms with Crippen molar-refractivity contribution in [3.63, 3.8) is 0 Å². The molecule has 0 bridgehead atoms. The molecule has 186 valence electrons. The first-order valence-corrected chi connectivity index (χ1v) is 11.5. The minimum atomic E-state index is -4.62. The second-order valence-electron chi connectivity index (χ2n) is 9.36. The van der Waals surface area contributed by atoms with Gasteiger partial charge in [-0.1, -0.05) is 29.8 Å². The predicted octanol–water partition coefficient (Wildman–Crippen LogP) is 7.25. The number of aryl methyl sites for hydroxylation is 1. The minimum absolute atomic E-state index is 0.103. The Bertz CT molecular complexity index is 1510. The summed E-state index contributed by atoms with van der Waals surface area (Å²) >= 11 is 6.31. The van der Waals surface area contributed by atoms with E-state index >= 15 is 0 Å². The molecule has 6 nitrogen and oxygen atoms in total. The number of anilines is 3. The van der Waals surface area contributed by atoms with Crippen molar-refractivity contribution in [1.82, 2.24) is 9.97 Å². The standard InChI is InChI=1S/C26H22ClF3N4O2/c1-13-8-9-17(27)19(10-13)32-24-33-20-11-14(22-15(21(20)34-24)12-25(2,3)36-22)23(35)31-18-7-5-4-6-16(18)26(28,29)30/h4-11H,12H2,1-3H3,(H,31,35)(H2,32,33,34). The number of aromatic amines is 1. The van der Waals surface area contributed by atoms with E-state index in [1.54, 1.807) is 6.07 Å². The molecule has 3 N–H and O–H groups in total. The summed E-state index contributed by atoms with van der Waals surface area (Å²) in [6.45, 7) is 5.69. The number of para-hydroxylation sites is 1. The fraction of sp³-hybridized carbons (Fsp3) is 0.231. The molecule has 0 saturated heterocycles. The molecule has 2 heterocycles. The first-order chi connectivity index (χ1) is 16.9. The van der Waals surface area contributed by atoms with Crippen molar-refractivity contribution in [1.29, 1.82) is 0 Å². The second-order valence-corrected chi connectivity index (χ2v) is 9.76. The van der Waals surface area contributed by atoms with E-state index in [-0.39, 0.29) is 11.3 Å². The number of nitrogens with zero attached hydrogens (tertiary/aromatic N) is 1. The molecular formula is C26H22ClF3N4O2. The van der Waals surface area contributed by atoms with E-state index in [1.807, 2.05) is 32.9 Å². The molecule has 1 amide bonds. The van der Waals surface area contributed by atoms with Gasteiger partial charge in [-0.05, 0) is 56.7 Å². The third kappa shape index (κ3) is 4.46. The highest BCUT2D eigenvalue weighted by molar-refractivity contribution is 6.33. The SMILES string of the molecule is Cc1ccc(Cl)c(Nc2nc3cc(C(=O)Nc4ccccc4C(F)(F)F)c4c(c3[nH]2)CC(C)(C)O4)c1. The van der Waals surface area contributed by atoms with Crippen LogP contribution in [0, 0.1) is 6.92 Å². The summed E-state index contributed by atoms with van der Waals surface area (Å²) in [5.41, 5.74) is 1.75. The topological polar surface area (TPSA) is 79.0 Å². The smallest absolute Gasteiger partial charge is 0.418 e. The molecule has 36 heavy (non-hydrogen) atoms. The van der Waals surface area contributed by atoms with Gasteiger partial charge in [0.15, 0.2) is 0 Å². The van der Waals surface area contributed by atoms with Crippen LogP contribution in [0.15, 0.2) is 48.5 Å². The summed E-state index contributed by atoms with van der Waals surface area (Å²) in [5, 5.41) is 6.08. The largest absolute Gasteiger partial charge is 0.486 e. The van der Waals surface area contributed by atoms with Gasteiger partial charge in [0.2, 0.25) is 5.95 Å². The van der Waals surface area contributed by atoms with Gasteiger partial charge < -0.3 is 20.4 Å². The zero-order valence-corrected chi connectivity index (χ0v) is 20.4. The molecule has 0 unspecified atom stereocenters.